The second-order valence-corrected chi connectivity index (χ2v) is 8.93. The number of hydrogen-bond acceptors (Lipinski definition) is 6. The van der Waals surface area contributed by atoms with Crippen molar-refractivity contribution in [2.45, 2.75) is 26.3 Å². The SMILES string of the molecule is Cc1oc(-c2ccccc2NC(=O)Cc2ccccc2)nc1CNC(=O)Cc1cn2ccsc2n1. The number of carbonyl (C=O) groups excluding carboxylic acids is 2. The van der Waals surface area contributed by atoms with Crippen LogP contribution in [0.25, 0.3) is 16.4 Å². The summed E-state index contributed by atoms with van der Waals surface area (Å²) in [5.74, 6) is 0.719. The Morgan fingerprint density at radius 1 is 1.00 bits per heavy atom. The second kappa shape index (κ2) is 9.94. The molecule has 3 aromatic heterocycles. The molecule has 0 saturated heterocycles. The second-order valence-electron chi connectivity index (χ2n) is 8.06. The molecule has 0 unspecified atom stereocenters. The summed E-state index contributed by atoms with van der Waals surface area (Å²) in [6.07, 6.45) is 4.23. The van der Waals surface area contributed by atoms with Gasteiger partial charge in [-0.15, -0.1) is 11.3 Å². The van der Waals surface area contributed by atoms with E-state index in [4.69, 9.17) is 4.42 Å². The fourth-order valence-electron chi connectivity index (χ4n) is 3.73. The van der Waals surface area contributed by atoms with E-state index in [0.717, 1.165) is 10.5 Å². The number of nitrogens with zero attached hydrogens (tertiary/aromatic N) is 3. The summed E-state index contributed by atoms with van der Waals surface area (Å²) < 4.78 is 7.79. The summed E-state index contributed by atoms with van der Waals surface area (Å²) in [5.41, 5.74) is 3.57. The maximum absolute atomic E-state index is 12.6. The van der Waals surface area contributed by atoms with Crippen LogP contribution in [0.1, 0.15) is 22.7 Å². The minimum Gasteiger partial charge on any atom is -0.441 e. The Hall–Kier alpha value is -4.24. The summed E-state index contributed by atoms with van der Waals surface area (Å²) >= 11 is 1.52. The Morgan fingerprint density at radius 2 is 1.80 bits per heavy atom. The number of thiazole rings is 1. The zero-order chi connectivity index (χ0) is 24.2. The molecule has 2 amide bonds. The van der Waals surface area contributed by atoms with Gasteiger partial charge in [0.25, 0.3) is 0 Å². The van der Waals surface area contributed by atoms with Gasteiger partial charge in [-0.1, -0.05) is 42.5 Å². The molecular formula is C26H23N5O3S. The zero-order valence-electron chi connectivity index (χ0n) is 19.0. The predicted molar refractivity (Wildman–Crippen MR) is 134 cm³/mol. The number of amides is 2. The third kappa shape index (κ3) is 5.30. The number of aryl methyl sites for hydroxylation is 1. The van der Waals surface area contributed by atoms with E-state index in [2.05, 4.69) is 20.6 Å². The van der Waals surface area contributed by atoms with E-state index in [-0.39, 0.29) is 31.2 Å². The summed E-state index contributed by atoms with van der Waals surface area (Å²) in [4.78, 5) is 34.9. The molecule has 176 valence electrons. The lowest BCUT2D eigenvalue weighted by atomic mass is 10.1. The highest BCUT2D eigenvalue weighted by Crippen LogP contribution is 2.29. The summed E-state index contributed by atoms with van der Waals surface area (Å²) in [6.45, 7) is 2.04. The fourth-order valence-corrected chi connectivity index (χ4v) is 4.45. The summed E-state index contributed by atoms with van der Waals surface area (Å²) in [5, 5.41) is 7.79. The number of anilines is 1. The predicted octanol–water partition coefficient (Wildman–Crippen LogP) is 4.40. The number of nitrogens with one attached hydrogen (secondary N) is 2. The van der Waals surface area contributed by atoms with Crippen molar-refractivity contribution in [2.24, 2.45) is 0 Å². The van der Waals surface area contributed by atoms with Gasteiger partial charge in [-0.05, 0) is 24.6 Å². The van der Waals surface area contributed by atoms with Gasteiger partial charge in [0.05, 0.1) is 36.3 Å². The van der Waals surface area contributed by atoms with Crippen LogP contribution in [0.15, 0.2) is 76.8 Å². The van der Waals surface area contributed by atoms with E-state index in [0.29, 0.717) is 34.3 Å². The summed E-state index contributed by atoms with van der Waals surface area (Å²) in [6, 6.07) is 16.9. The van der Waals surface area contributed by atoms with Crippen LogP contribution in [0.5, 0.6) is 0 Å². The lowest BCUT2D eigenvalue weighted by Crippen LogP contribution is -2.25. The Balaban J connectivity index is 1.24. The first-order valence-electron chi connectivity index (χ1n) is 11.1. The minimum atomic E-state index is -0.145. The average molecular weight is 486 g/mol. The highest BCUT2D eigenvalue weighted by atomic mass is 32.1. The number of aromatic nitrogens is 3. The Labute approximate surface area is 205 Å². The van der Waals surface area contributed by atoms with Gasteiger partial charge in [0.1, 0.15) is 11.5 Å². The first-order chi connectivity index (χ1) is 17.0. The van der Waals surface area contributed by atoms with E-state index in [1.807, 2.05) is 76.8 Å². The fraction of sp³-hybridized carbons (Fsp3) is 0.154. The smallest absolute Gasteiger partial charge is 0.228 e. The van der Waals surface area contributed by atoms with Gasteiger partial charge in [0.15, 0.2) is 4.96 Å². The Bertz CT molecular complexity index is 1460. The molecule has 35 heavy (non-hydrogen) atoms. The van der Waals surface area contributed by atoms with Crippen molar-refractivity contribution in [3.05, 3.63) is 95.1 Å². The van der Waals surface area contributed by atoms with Crippen LogP contribution < -0.4 is 10.6 Å². The minimum absolute atomic E-state index is 0.126. The maximum atomic E-state index is 12.6. The van der Waals surface area contributed by atoms with Crippen LogP contribution in [-0.2, 0) is 29.0 Å². The number of fused-ring (bicyclic) bond motifs is 1. The monoisotopic (exact) mass is 485 g/mol. The zero-order valence-corrected chi connectivity index (χ0v) is 19.8. The Morgan fingerprint density at radius 3 is 2.63 bits per heavy atom. The number of carbonyl (C=O) groups is 2. The molecule has 0 aliphatic carbocycles. The van der Waals surface area contributed by atoms with Gasteiger partial charge >= 0.3 is 0 Å². The summed E-state index contributed by atoms with van der Waals surface area (Å²) in [7, 11) is 0. The molecule has 0 aliphatic rings. The largest absolute Gasteiger partial charge is 0.441 e. The molecule has 2 aromatic carbocycles. The molecular weight excluding hydrogens is 462 g/mol. The lowest BCUT2D eigenvalue weighted by molar-refractivity contribution is -0.120. The molecule has 3 heterocycles. The van der Waals surface area contributed by atoms with Gasteiger partial charge in [-0.3, -0.25) is 14.0 Å². The van der Waals surface area contributed by atoms with Crippen LogP contribution in [-0.4, -0.2) is 26.2 Å². The third-order valence-electron chi connectivity index (χ3n) is 5.47. The molecule has 5 aromatic rings. The van der Waals surface area contributed by atoms with Crippen molar-refractivity contribution in [1.29, 1.82) is 0 Å². The molecule has 8 nitrogen and oxygen atoms in total. The van der Waals surface area contributed by atoms with E-state index in [1.165, 1.54) is 11.3 Å². The van der Waals surface area contributed by atoms with Crippen molar-refractivity contribution >= 4 is 33.8 Å². The van der Waals surface area contributed by atoms with Gasteiger partial charge in [0, 0.05) is 17.8 Å². The molecule has 0 aliphatic heterocycles. The molecule has 5 rings (SSSR count). The number of oxazole rings is 1. The number of imidazole rings is 1. The maximum Gasteiger partial charge on any atom is 0.228 e. The van der Waals surface area contributed by atoms with Crippen LogP contribution in [0.2, 0.25) is 0 Å². The van der Waals surface area contributed by atoms with Crippen LogP contribution >= 0.6 is 11.3 Å². The molecule has 0 atom stereocenters. The van der Waals surface area contributed by atoms with E-state index in [9.17, 15) is 9.59 Å². The van der Waals surface area contributed by atoms with Crippen molar-refractivity contribution in [3.8, 4) is 11.5 Å². The lowest BCUT2D eigenvalue weighted by Gasteiger charge is -2.09. The first kappa shape index (κ1) is 22.5. The molecule has 2 N–H and O–H groups in total. The quantitative estimate of drug-likeness (QED) is 0.339. The number of para-hydroxylation sites is 1. The normalized spacial score (nSPS) is 11.0. The van der Waals surface area contributed by atoms with Crippen molar-refractivity contribution in [1.82, 2.24) is 19.7 Å². The molecule has 0 saturated carbocycles. The van der Waals surface area contributed by atoms with Gasteiger partial charge in [0.2, 0.25) is 17.7 Å². The molecule has 0 spiro atoms. The van der Waals surface area contributed by atoms with Crippen molar-refractivity contribution < 1.29 is 14.0 Å². The third-order valence-corrected chi connectivity index (χ3v) is 6.24. The molecule has 0 fully saturated rings. The van der Waals surface area contributed by atoms with Gasteiger partial charge < -0.3 is 15.1 Å². The van der Waals surface area contributed by atoms with Crippen LogP contribution in [0.4, 0.5) is 5.69 Å². The van der Waals surface area contributed by atoms with Crippen LogP contribution in [0, 0.1) is 6.92 Å². The van der Waals surface area contributed by atoms with Gasteiger partial charge in [-0.2, -0.15) is 0 Å². The first-order valence-corrected chi connectivity index (χ1v) is 12.0. The van der Waals surface area contributed by atoms with Crippen molar-refractivity contribution in [3.63, 3.8) is 0 Å². The van der Waals surface area contributed by atoms with Gasteiger partial charge in [-0.25, -0.2) is 9.97 Å². The molecule has 0 bridgehead atoms. The molecule has 0 radical (unpaired) electrons. The van der Waals surface area contributed by atoms with Crippen molar-refractivity contribution in [2.75, 3.05) is 5.32 Å². The van der Waals surface area contributed by atoms with E-state index in [1.54, 1.807) is 6.92 Å². The topological polar surface area (TPSA) is 102 Å². The standard InChI is InChI=1S/C26H23N5O3S/c1-17-22(15-27-23(32)14-19-16-31-11-12-35-26(31)28-19)30-25(34-17)20-9-5-6-10-21(20)29-24(33)13-18-7-3-2-4-8-18/h2-12,16H,13-15H2,1H3,(H,27,32)(H,29,33). The highest BCUT2D eigenvalue weighted by Gasteiger charge is 2.17. The van der Waals surface area contributed by atoms with E-state index >= 15 is 0 Å². The van der Waals surface area contributed by atoms with Crippen LogP contribution in [0.3, 0.4) is 0 Å². The number of hydrogen-bond donors (Lipinski definition) is 2. The highest BCUT2D eigenvalue weighted by molar-refractivity contribution is 7.15. The Kier molecular flexibility index (Phi) is 6.40. The molecule has 9 heteroatoms. The number of rotatable bonds is 8. The average Bonchev–Trinajstić information content (AvgIpc) is 3.54. The van der Waals surface area contributed by atoms with E-state index < -0.39 is 0 Å². The number of benzene rings is 2.